The second kappa shape index (κ2) is 6.35. The molecule has 2 heterocycles. The average Bonchev–Trinajstić information content (AvgIpc) is 2.87. The van der Waals surface area contributed by atoms with E-state index in [4.69, 9.17) is 0 Å². The number of sulfone groups is 1. The molecule has 0 amide bonds. The Hall–Kier alpha value is -1.83. The molecule has 0 unspecified atom stereocenters. The van der Waals surface area contributed by atoms with Crippen molar-refractivity contribution in [2.45, 2.75) is 28.7 Å². The Morgan fingerprint density at radius 1 is 1.09 bits per heavy atom. The minimum Gasteiger partial charge on any atom is -0.344 e. The molecule has 3 rings (SSSR count). The molecule has 0 bridgehead atoms. The molecule has 0 fully saturated rings. The van der Waals surface area contributed by atoms with E-state index in [-0.39, 0.29) is 11.0 Å². The van der Waals surface area contributed by atoms with Crippen LogP contribution in [-0.4, -0.2) is 24.3 Å². The maximum absolute atomic E-state index is 13.0. The van der Waals surface area contributed by atoms with Gasteiger partial charge in [0.2, 0.25) is 9.84 Å². The van der Waals surface area contributed by atoms with Gasteiger partial charge in [-0.05, 0) is 49.9 Å². The molecule has 7 heteroatoms. The minimum absolute atomic E-state index is 0. The van der Waals surface area contributed by atoms with Crippen LogP contribution < -0.4 is 6.15 Å². The van der Waals surface area contributed by atoms with Crippen LogP contribution >= 0.6 is 11.8 Å². The van der Waals surface area contributed by atoms with Crippen LogP contribution in [0, 0.1) is 13.8 Å². The number of fused-ring (bicyclic) bond motifs is 1. The number of hydrogen-bond donors (Lipinski definition) is 1. The van der Waals surface area contributed by atoms with Gasteiger partial charge in [-0.3, -0.25) is 0 Å². The third-order valence-corrected chi connectivity index (χ3v) is 6.13. The van der Waals surface area contributed by atoms with E-state index in [9.17, 15) is 8.42 Å². The Labute approximate surface area is 140 Å². The molecule has 0 radical (unpaired) electrons. The monoisotopic (exact) mass is 349 g/mol. The number of aromatic nitrogens is 2. The van der Waals surface area contributed by atoms with Gasteiger partial charge in [-0.15, -0.1) is 11.8 Å². The summed E-state index contributed by atoms with van der Waals surface area (Å²) in [5, 5.41) is 4.99. The number of aryl methyl sites for hydroxylation is 2. The van der Waals surface area contributed by atoms with Gasteiger partial charge in [-0.2, -0.15) is 5.10 Å². The fraction of sp³-hybridized carbons (Fsp3) is 0.188. The van der Waals surface area contributed by atoms with Crippen LogP contribution in [0.1, 0.15) is 11.3 Å². The first kappa shape index (κ1) is 17.5. The summed E-state index contributed by atoms with van der Waals surface area (Å²) in [6, 6.07) is 12.4. The minimum atomic E-state index is -3.60. The van der Waals surface area contributed by atoms with Crippen molar-refractivity contribution in [3.8, 4) is 0 Å². The zero-order valence-corrected chi connectivity index (χ0v) is 14.9. The van der Waals surface area contributed by atoms with Gasteiger partial charge in [-0.1, -0.05) is 18.2 Å². The van der Waals surface area contributed by atoms with E-state index in [1.165, 1.54) is 11.8 Å². The molecule has 3 N–H and O–H groups in total. The summed E-state index contributed by atoms with van der Waals surface area (Å²) >= 11 is 1.35. The fourth-order valence-corrected chi connectivity index (χ4v) is 5.02. The Kier molecular flexibility index (Phi) is 4.84. The van der Waals surface area contributed by atoms with Gasteiger partial charge in [0.15, 0.2) is 0 Å². The van der Waals surface area contributed by atoms with Crippen LogP contribution in [0.5, 0.6) is 0 Å². The van der Waals surface area contributed by atoms with E-state index in [0.29, 0.717) is 15.4 Å². The van der Waals surface area contributed by atoms with Crippen LogP contribution in [0.15, 0.2) is 57.3 Å². The SMILES string of the molecule is CSc1nn2c(C)cc(C)cc2c1S(=O)(=O)c1ccccc1.N. The highest BCUT2D eigenvalue weighted by Crippen LogP contribution is 2.33. The van der Waals surface area contributed by atoms with Gasteiger partial charge in [0, 0.05) is 5.69 Å². The molecule has 5 nitrogen and oxygen atoms in total. The molecule has 0 saturated heterocycles. The number of nitrogens with zero attached hydrogens (tertiary/aromatic N) is 2. The first-order chi connectivity index (χ1) is 10.4. The molecule has 0 atom stereocenters. The molecule has 0 aliphatic heterocycles. The van der Waals surface area contributed by atoms with E-state index >= 15 is 0 Å². The molecule has 0 spiro atoms. The molecule has 122 valence electrons. The lowest BCUT2D eigenvalue weighted by Gasteiger charge is -2.06. The molecule has 0 aliphatic carbocycles. The van der Waals surface area contributed by atoms with Crippen LogP contribution in [0.4, 0.5) is 0 Å². The number of benzene rings is 1. The van der Waals surface area contributed by atoms with Crippen molar-refractivity contribution < 1.29 is 8.42 Å². The van der Waals surface area contributed by atoms with Crippen molar-refractivity contribution in [1.82, 2.24) is 15.8 Å². The summed E-state index contributed by atoms with van der Waals surface area (Å²) in [6.45, 7) is 3.88. The molecule has 2 aromatic heterocycles. The molecular formula is C16H19N3O2S2. The molecule has 1 aromatic carbocycles. The maximum atomic E-state index is 13.0. The molecule has 23 heavy (non-hydrogen) atoms. The smallest absolute Gasteiger partial charge is 0.211 e. The predicted molar refractivity (Wildman–Crippen MR) is 93.4 cm³/mol. The first-order valence-electron chi connectivity index (χ1n) is 6.79. The third kappa shape index (κ3) is 2.87. The molecular weight excluding hydrogens is 330 g/mol. The Bertz CT molecular complexity index is 948. The standard InChI is InChI=1S/C16H16N2O2S2.H3N/c1-11-9-12(2)18-14(10-11)15(16(17-18)21-3)22(19,20)13-7-5-4-6-8-13;/h4-10H,1-3H3;1H3. The molecule has 0 saturated carbocycles. The quantitative estimate of drug-likeness (QED) is 0.729. The zero-order valence-electron chi connectivity index (χ0n) is 13.3. The van der Waals surface area contributed by atoms with Crippen molar-refractivity contribution in [2.24, 2.45) is 0 Å². The summed E-state index contributed by atoms with van der Waals surface area (Å²) in [4.78, 5) is 0.581. The third-order valence-electron chi connectivity index (χ3n) is 3.50. The number of rotatable bonds is 3. The average molecular weight is 349 g/mol. The van der Waals surface area contributed by atoms with E-state index in [0.717, 1.165) is 11.3 Å². The summed E-state index contributed by atoms with van der Waals surface area (Å²) in [6.07, 6.45) is 1.84. The second-order valence-electron chi connectivity index (χ2n) is 5.13. The van der Waals surface area contributed by atoms with Gasteiger partial charge in [0.25, 0.3) is 0 Å². The summed E-state index contributed by atoms with van der Waals surface area (Å²) in [5.74, 6) is 0. The lowest BCUT2D eigenvalue weighted by molar-refractivity contribution is 0.595. The topological polar surface area (TPSA) is 86.4 Å². The Balaban J connectivity index is 0.00000192. The largest absolute Gasteiger partial charge is 0.344 e. The summed E-state index contributed by atoms with van der Waals surface area (Å²) in [7, 11) is -3.60. The Morgan fingerprint density at radius 2 is 1.74 bits per heavy atom. The van der Waals surface area contributed by atoms with E-state index in [2.05, 4.69) is 5.10 Å². The van der Waals surface area contributed by atoms with Crippen molar-refractivity contribution in [1.29, 1.82) is 0 Å². The highest BCUT2D eigenvalue weighted by atomic mass is 32.2. The highest BCUT2D eigenvalue weighted by molar-refractivity contribution is 7.99. The normalized spacial score (nSPS) is 11.4. The number of pyridine rings is 1. The lowest BCUT2D eigenvalue weighted by Crippen LogP contribution is -2.03. The van der Waals surface area contributed by atoms with Crippen molar-refractivity contribution in [3.63, 3.8) is 0 Å². The van der Waals surface area contributed by atoms with Crippen LogP contribution in [-0.2, 0) is 9.84 Å². The van der Waals surface area contributed by atoms with Crippen LogP contribution in [0.3, 0.4) is 0 Å². The van der Waals surface area contributed by atoms with Crippen molar-refractivity contribution in [3.05, 3.63) is 53.7 Å². The van der Waals surface area contributed by atoms with Gasteiger partial charge in [0.1, 0.15) is 9.92 Å². The Morgan fingerprint density at radius 3 is 2.35 bits per heavy atom. The van der Waals surface area contributed by atoms with Gasteiger partial charge >= 0.3 is 0 Å². The summed E-state index contributed by atoms with van der Waals surface area (Å²) < 4.78 is 27.8. The highest BCUT2D eigenvalue weighted by Gasteiger charge is 2.27. The first-order valence-corrected chi connectivity index (χ1v) is 9.50. The predicted octanol–water partition coefficient (Wildman–Crippen LogP) is 3.67. The number of thioether (sulfide) groups is 1. The van der Waals surface area contributed by atoms with E-state index < -0.39 is 9.84 Å². The van der Waals surface area contributed by atoms with E-state index in [1.807, 2.05) is 32.2 Å². The molecule has 0 aliphatic rings. The number of hydrogen-bond acceptors (Lipinski definition) is 5. The van der Waals surface area contributed by atoms with Crippen LogP contribution in [0.2, 0.25) is 0 Å². The second-order valence-corrected chi connectivity index (χ2v) is 7.81. The summed E-state index contributed by atoms with van der Waals surface area (Å²) in [5.41, 5.74) is 2.56. The van der Waals surface area contributed by atoms with E-state index in [1.54, 1.807) is 34.8 Å². The van der Waals surface area contributed by atoms with Gasteiger partial charge in [0.05, 0.1) is 10.4 Å². The molecule has 3 aromatic rings. The van der Waals surface area contributed by atoms with Crippen molar-refractivity contribution >= 4 is 27.1 Å². The van der Waals surface area contributed by atoms with Gasteiger partial charge < -0.3 is 6.15 Å². The lowest BCUT2D eigenvalue weighted by atomic mass is 10.2. The maximum Gasteiger partial charge on any atom is 0.211 e. The van der Waals surface area contributed by atoms with Crippen LogP contribution in [0.25, 0.3) is 5.52 Å². The zero-order chi connectivity index (χ0) is 15.9. The van der Waals surface area contributed by atoms with Crippen molar-refractivity contribution in [2.75, 3.05) is 6.26 Å². The van der Waals surface area contributed by atoms with Gasteiger partial charge in [-0.25, -0.2) is 12.9 Å². The fourth-order valence-electron chi connectivity index (χ4n) is 2.54.